The minimum absolute atomic E-state index is 0.429. The minimum atomic E-state index is -0.805. The molecular weight excluding hydrogens is 262 g/mol. The van der Waals surface area contributed by atoms with E-state index in [0.29, 0.717) is 17.9 Å². The zero-order valence-corrected chi connectivity index (χ0v) is 11.0. The Morgan fingerprint density at radius 3 is 2.47 bits per heavy atom. The first kappa shape index (κ1) is 13.6. The molecule has 1 N–H and O–H groups in total. The number of carboxylic acid groups (broad SMARTS) is 1. The molecule has 0 saturated heterocycles. The van der Waals surface area contributed by atoms with Gasteiger partial charge in [-0.05, 0) is 36.2 Å². The fraction of sp³-hybridized carbons (Fsp3) is 0.200. The molecule has 0 aliphatic rings. The van der Waals surface area contributed by atoms with Crippen LogP contribution in [-0.2, 0) is 17.6 Å². The fourth-order valence-electron chi connectivity index (χ4n) is 1.92. The number of carboxylic acids is 1. The van der Waals surface area contributed by atoms with Gasteiger partial charge in [0, 0.05) is 23.3 Å². The third-order valence-electron chi connectivity index (χ3n) is 2.93. The Bertz CT molecular complexity index is 540. The number of hydrogen-bond donors (Lipinski definition) is 1. The second-order valence-electron chi connectivity index (χ2n) is 4.39. The monoisotopic (exact) mass is 275 g/mol. The largest absolute Gasteiger partial charge is 0.481 e. The van der Waals surface area contributed by atoms with Crippen LogP contribution in [0.5, 0.6) is 0 Å². The van der Waals surface area contributed by atoms with Gasteiger partial charge in [-0.1, -0.05) is 29.8 Å². The van der Waals surface area contributed by atoms with Gasteiger partial charge in [0.2, 0.25) is 0 Å². The Labute approximate surface area is 116 Å². The Balaban J connectivity index is 2.08. The molecule has 98 valence electrons. The molecule has 0 radical (unpaired) electrons. The summed E-state index contributed by atoms with van der Waals surface area (Å²) in [7, 11) is 0. The van der Waals surface area contributed by atoms with Gasteiger partial charge in [0.25, 0.3) is 0 Å². The van der Waals surface area contributed by atoms with Crippen LogP contribution in [0.1, 0.15) is 11.3 Å². The van der Waals surface area contributed by atoms with Crippen LogP contribution >= 0.6 is 11.6 Å². The SMILES string of the molecule is O=C(O)C(Cc1ccc(Cl)cc1)Cc1ccccn1. The van der Waals surface area contributed by atoms with Crippen LogP contribution in [0.4, 0.5) is 0 Å². The summed E-state index contributed by atoms with van der Waals surface area (Å²) in [5.41, 5.74) is 1.76. The third kappa shape index (κ3) is 4.07. The highest BCUT2D eigenvalue weighted by atomic mass is 35.5. The van der Waals surface area contributed by atoms with Crippen molar-refractivity contribution >= 4 is 17.6 Å². The van der Waals surface area contributed by atoms with Crippen molar-refractivity contribution < 1.29 is 9.90 Å². The molecule has 1 heterocycles. The van der Waals surface area contributed by atoms with Crippen molar-refractivity contribution in [2.45, 2.75) is 12.8 Å². The Kier molecular flexibility index (Phi) is 4.53. The van der Waals surface area contributed by atoms with E-state index in [1.54, 1.807) is 18.3 Å². The minimum Gasteiger partial charge on any atom is -0.481 e. The van der Waals surface area contributed by atoms with Crippen LogP contribution in [0.2, 0.25) is 5.02 Å². The van der Waals surface area contributed by atoms with E-state index in [4.69, 9.17) is 11.6 Å². The van der Waals surface area contributed by atoms with Crippen LogP contribution in [0, 0.1) is 5.92 Å². The van der Waals surface area contributed by atoms with Crippen molar-refractivity contribution in [2.24, 2.45) is 5.92 Å². The van der Waals surface area contributed by atoms with E-state index in [1.807, 2.05) is 30.3 Å². The van der Waals surface area contributed by atoms with Crippen molar-refractivity contribution in [3.63, 3.8) is 0 Å². The number of benzene rings is 1. The molecule has 2 aromatic rings. The standard InChI is InChI=1S/C15H14ClNO2/c16-13-6-4-11(5-7-13)9-12(15(18)19)10-14-3-1-2-8-17-14/h1-8,12H,9-10H2,(H,18,19). The number of nitrogens with zero attached hydrogens (tertiary/aromatic N) is 1. The lowest BCUT2D eigenvalue weighted by Crippen LogP contribution is -2.19. The van der Waals surface area contributed by atoms with Gasteiger partial charge in [-0.2, -0.15) is 0 Å². The number of halogens is 1. The molecule has 1 aromatic heterocycles. The van der Waals surface area contributed by atoms with Crippen molar-refractivity contribution in [3.8, 4) is 0 Å². The van der Waals surface area contributed by atoms with E-state index in [2.05, 4.69) is 4.98 Å². The van der Waals surface area contributed by atoms with Gasteiger partial charge in [-0.3, -0.25) is 9.78 Å². The van der Waals surface area contributed by atoms with Crippen LogP contribution in [-0.4, -0.2) is 16.1 Å². The lowest BCUT2D eigenvalue weighted by atomic mass is 9.94. The summed E-state index contributed by atoms with van der Waals surface area (Å²) in [6, 6.07) is 12.8. The highest BCUT2D eigenvalue weighted by Gasteiger charge is 2.19. The molecule has 1 unspecified atom stereocenters. The molecule has 4 heteroatoms. The van der Waals surface area contributed by atoms with E-state index >= 15 is 0 Å². The first-order valence-corrected chi connectivity index (χ1v) is 6.40. The molecule has 2 rings (SSSR count). The van der Waals surface area contributed by atoms with Gasteiger partial charge in [0.15, 0.2) is 0 Å². The molecular formula is C15H14ClNO2. The molecule has 0 spiro atoms. The van der Waals surface area contributed by atoms with Gasteiger partial charge in [0.1, 0.15) is 0 Å². The zero-order valence-electron chi connectivity index (χ0n) is 10.3. The highest BCUT2D eigenvalue weighted by Crippen LogP contribution is 2.16. The predicted molar refractivity (Wildman–Crippen MR) is 74.2 cm³/mol. The van der Waals surface area contributed by atoms with Gasteiger partial charge in [-0.25, -0.2) is 0 Å². The van der Waals surface area contributed by atoms with E-state index in [0.717, 1.165) is 11.3 Å². The van der Waals surface area contributed by atoms with E-state index in [-0.39, 0.29) is 0 Å². The number of carbonyl (C=O) groups is 1. The fourth-order valence-corrected chi connectivity index (χ4v) is 2.05. The maximum atomic E-state index is 11.3. The Hall–Kier alpha value is -1.87. The molecule has 0 aliphatic carbocycles. The summed E-state index contributed by atoms with van der Waals surface area (Å²) < 4.78 is 0. The van der Waals surface area contributed by atoms with Crippen LogP contribution in [0.3, 0.4) is 0 Å². The molecule has 3 nitrogen and oxygen atoms in total. The molecule has 0 aliphatic heterocycles. The molecule has 0 fully saturated rings. The summed E-state index contributed by atoms with van der Waals surface area (Å²) in [6.07, 6.45) is 2.58. The van der Waals surface area contributed by atoms with Crippen molar-refractivity contribution in [2.75, 3.05) is 0 Å². The van der Waals surface area contributed by atoms with Crippen LogP contribution in [0.25, 0.3) is 0 Å². The lowest BCUT2D eigenvalue weighted by molar-refractivity contribution is -0.141. The quantitative estimate of drug-likeness (QED) is 0.911. The highest BCUT2D eigenvalue weighted by molar-refractivity contribution is 6.30. The average molecular weight is 276 g/mol. The maximum Gasteiger partial charge on any atom is 0.307 e. The van der Waals surface area contributed by atoms with Crippen LogP contribution in [0.15, 0.2) is 48.7 Å². The summed E-state index contributed by atoms with van der Waals surface area (Å²) >= 11 is 5.81. The normalized spacial score (nSPS) is 12.1. The zero-order chi connectivity index (χ0) is 13.7. The molecule has 1 atom stereocenters. The second-order valence-corrected chi connectivity index (χ2v) is 4.83. The summed E-state index contributed by atoms with van der Waals surface area (Å²) in [6.45, 7) is 0. The van der Waals surface area contributed by atoms with Crippen molar-refractivity contribution in [3.05, 3.63) is 64.9 Å². The van der Waals surface area contributed by atoms with Gasteiger partial charge >= 0.3 is 5.97 Å². The van der Waals surface area contributed by atoms with Crippen molar-refractivity contribution in [1.82, 2.24) is 4.98 Å². The van der Waals surface area contributed by atoms with E-state index < -0.39 is 11.9 Å². The summed E-state index contributed by atoms with van der Waals surface area (Å²) in [5.74, 6) is -1.28. The van der Waals surface area contributed by atoms with Gasteiger partial charge in [0.05, 0.1) is 5.92 Å². The second kappa shape index (κ2) is 6.34. The van der Waals surface area contributed by atoms with Gasteiger partial charge in [-0.15, -0.1) is 0 Å². The average Bonchev–Trinajstić information content (AvgIpc) is 2.41. The Morgan fingerprint density at radius 2 is 1.89 bits per heavy atom. The topological polar surface area (TPSA) is 50.2 Å². The molecule has 0 saturated carbocycles. The number of aromatic nitrogens is 1. The first-order valence-electron chi connectivity index (χ1n) is 6.02. The number of aliphatic carboxylic acids is 1. The molecule has 1 aromatic carbocycles. The van der Waals surface area contributed by atoms with Crippen LogP contribution < -0.4 is 0 Å². The first-order chi connectivity index (χ1) is 9.15. The number of pyridine rings is 1. The molecule has 0 amide bonds. The van der Waals surface area contributed by atoms with Gasteiger partial charge < -0.3 is 5.11 Å². The Morgan fingerprint density at radius 1 is 1.16 bits per heavy atom. The smallest absolute Gasteiger partial charge is 0.307 e. The number of hydrogen-bond acceptors (Lipinski definition) is 2. The maximum absolute atomic E-state index is 11.3. The van der Waals surface area contributed by atoms with E-state index in [1.165, 1.54) is 0 Å². The number of rotatable bonds is 5. The molecule has 0 bridgehead atoms. The third-order valence-corrected chi connectivity index (χ3v) is 3.18. The van der Waals surface area contributed by atoms with E-state index in [9.17, 15) is 9.90 Å². The summed E-state index contributed by atoms with van der Waals surface area (Å²) in [5, 5.41) is 9.95. The summed E-state index contributed by atoms with van der Waals surface area (Å²) in [4.78, 5) is 15.5. The van der Waals surface area contributed by atoms with Crippen molar-refractivity contribution in [1.29, 1.82) is 0 Å². The lowest BCUT2D eigenvalue weighted by Gasteiger charge is -2.12. The molecule has 19 heavy (non-hydrogen) atoms. The predicted octanol–water partition coefficient (Wildman–Crippen LogP) is 3.22.